The van der Waals surface area contributed by atoms with E-state index in [9.17, 15) is 4.39 Å². The molecule has 3 nitrogen and oxygen atoms in total. The van der Waals surface area contributed by atoms with Crippen LogP contribution in [0.25, 0.3) is 0 Å². The molecule has 0 aliphatic heterocycles. The Balaban J connectivity index is 2.88. The van der Waals surface area contributed by atoms with E-state index < -0.39 is 6.67 Å². The zero-order valence-corrected chi connectivity index (χ0v) is 12.4. The van der Waals surface area contributed by atoms with Crippen LogP contribution in [0.2, 0.25) is 5.02 Å². The maximum atomic E-state index is 12.3. The lowest BCUT2D eigenvalue weighted by Gasteiger charge is -2.16. The van der Waals surface area contributed by atoms with Crippen molar-refractivity contribution >= 4 is 11.6 Å². The minimum absolute atomic E-state index is 0.00910. The van der Waals surface area contributed by atoms with Crippen LogP contribution in [0.5, 0.6) is 11.5 Å². The minimum Gasteiger partial charge on any atom is -0.493 e. The molecule has 0 radical (unpaired) electrons. The average Bonchev–Trinajstić information content (AvgIpc) is 2.36. The summed E-state index contributed by atoms with van der Waals surface area (Å²) in [5.41, 5.74) is 0.874. The van der Waals surface area contributed by atoms with E-state index in [0.29, 0.717) is 29.0 Å². The molecule has 19 heavy (non-hydrogen) atoms. The average molecular weight is 290 g/mol. The van der Waals surface area contributed by atoms with Gasteiger partial charge in [0.1, 0.15) is 13.3 Å². The third kappa shape index (κ3) is 5.25. The molecule has 0 amide bonds. The fraction of sp³-hybridized carbons (Fsp3) is 0.571. The van der Waals surface area contributed by atoms with Crippen molar-refractivity contribution in [2.45, 2.75) is 20.4 Å². The van der Waals surface area contributed by atoms with Crippen LogP contribution in [0.3, 0.4) is 0 Å². The van der Waals surface area contributed by atoms with E-state index in [1.807, 2.05) is 6.07 Å². The first-order chi connectivity index (χ1) is 9.08. The first-order valence-electron chi connectivity index (χ1n) is 6.34. The predicted molar refractivity (Wildman–Crippen MR) is 76.0 cm³/mol. The van der Waals surface area contributed by atoms with Crippen LogP contribution in [0, 0.1) is 5.92 Å². The van der Waals surface area contributed by atoms with Crippen molar-refractivity contribution in [2.24, 2.45) is 5.92 Å². The zero-order valence-electron chi connectivity index (χ0n) is 11.6. The Hall–Kier alpha value is -1.00. The van der Waals surface area contributed by atoms with Gasteiger partial charge in [0.2, 0.25) is 0 Å². The molecule has 0 saturated carbocycles. The van der Waals surface area contributed by atoms with Gasteiger partial charge >= 0.3 is 0 Å². The summed E-state index contributed by atoms with van der Waals surface area (Å²) in [5, 5.41) is 3.88. The molecule has 1 aromatic rings. The molecular weight excluding hydrogens is 269 g/mol. The molecule has 0 fully saturated rings. The maximum Gasteiger partial charge on any atom is 0.165 e. The lowest BCUT2D eigenvalue weighted by atomic mass is 10.1. The van der Waals surface area contributed by atoms with Crippen molar-refractivity contribution in [3.05, 3.63) is 22.7 Å². The third-order valence-corrected chi connectivity index (χ3v) is 2.73. The molecule has 108 valence electrons. The number of halogens is 2. The molecule has 0 spiro atoms. The van der Waals surface area contributed by atoms with Gasteiger partial charge < -0.3 is 14.8 Å². The molecule has 0 atom stereocenters. The van der Waals surface area contributed by atoms with Crippen molar-refractivity contribution in [1.29, 1.82) is 0 Å². The number of hydrogen-bond acceptors (Lipinski definition) is 3. The topological polar surface area (TPSA) is 30.5 Å². The monoisotopic (exact) mass is 289 g/mol. The molecule has 0 heterocycles. The highest BCUT2D eigenvalue weighted by Gasteiger charge is 2.13. The Morgan fingerprint density at radius 3 is 2.68 bits per heavy atom. The standard InChI is InChI=1S/C14H21ClFNO2/c1-10(2)8-17-9-11-6-12(15)7-13(18-3)14(11)19-5-4-16/h6-7,10,17H,4-5,8-9H2,1-3H3. The normalized spacial score (nSPS) is 10.8. The van der Waals surface area contributed by atoms with Gasteiger partial charge in [-0.25, -0.2) is 4.39 Å². The second kappa shape index (κ2) is 8.23. The second-order valence-corrected chi connectivity index (χ2v) is 5.09. The lowest BCUT2D eigenvalue weighted by molar-refractivity contribution is 0.257. The fourth-order valence-electron chi connectivity index (χ4n) is 1.71. The number of rotatable bonds is 8. The molecule has 0 aliphatic rings. The SMILES string of the molecule is COc1cc(Cl)cc(CNCC(C)C)c1OCCF. The molecule has 0 bridgehead atoms. The van der Waals surface area contributed by atoms with Crippen LogP contribution in [0.15, 0.2) is 12.1 Å². The van der Waals surface area contributed by atoms with Crippen LogP contribution >= 0.6 is 11.6 Å². The van der Waals surface area contributed by atoms with E-state index in [2.05, 4.69) is 19.2 Å². The molecule has 1 aromatic carbocycles. The van der Waals surface area contributed by atoms with Crippen molar-refractivity contribution in [1.82, 2.24) is 5.32 Å². The van der Waals surface area contributed by atoms with Gasteiger partial charge in [-0.15, -0.1) is 0 Å². The Bertz CT molecular complexity index is 399. The number of nitrogens with one attached hydrogen (secondary N) is 1. The highest BCUT2D eigenvalue weighted by Crippen LogP contribution is 2.34. The first-order valence-corrected chi connectivity index (χ1v) is 6.72. The molecule has 0 saturated heterocycles. The highest BCUT2D eigenvalue weighted by atomic mass is 35.5. The maximum absolute atomic E-state index is 12.3. The van der Waals surface area contributed by atoms with E-state index in [1.54, 1.807) is 13.2 Å². The molecule has 1 N–H and O–H groups in total. The number of alkyl halides is 1. The van der Waals surface area contributed by atoms with Crippen molar-refractivity contribution in [2.75, 3.05) is 26.9 Å². The van der Waals surface area contributed by atoms with Crippen molar-refractivity contribution in [3.63, 3.8) is 0 Å². The summed E-state index contributed by atoms with van der Waals surface area (Å²) < 4.78 is 22.9. The van der Waals surface area contributed by atoms with Crippen molar-refractivity contribution < 1.29 is 13.9 Å². The Morgan fingerprint density at radius 1 is 1.37 bits per heavy atom. The van der Waals surface area contributed by atoms with Gasteiger partial charge in [0, 0.05) is 23.2 Å². The van der Waals surface area contributed by atoms with Crippen LogP contribution in [0.4, 0.5) is 4.39 Å². The van der Waals surface area contributed by atoms with E-state index in [0.717, 1.165) is 12.1 Å². The summed E-state index contributed by atoms with van der Waals surface area (Å²) >= 11 is 6.04. The Kier molecular flexibility index (Phi) is 6.95. The van der Waals surface area contributed by atoms with Gasteiger partial charge in [-0.05, 0) is 18.5 Å². The van der Waals surface area contributed by atoms with Crippen molar-refractivity contribution in [3.8, 4) is 11.5 Å². The van der Waals surface area contributed by atoms with E-state index in [-0.39, 0.29) is 6.61 Å². The Labute approximate surface area is 119 Å². The predicted octanol–water partition coefficient (Wildman–Crippen LogP) is 3.44. The molecule has 1 rings (SSSR count). The summed E-state index contributed by atoms with van der Waals surface area (Å²) in [6.45, 7) is 5.23. The van der Waals surface area contributed by atoms with Crippen LogP contribution in [0.1, 0.15) is 19.4 Å². The lowest BCUT2D eigenvalue weighted by Crippen LogP contribution is -2.19. The summed E-state index contributed by atoms with van der Waals surface area (Å²) in [6, 6.07) is 3.48. The molecular formula is C14H21ClFNO2. The van der Waals surface area contributed by atoms with Gasteiger partial charge in [0.25, 0.3) is 0 Å². The Morgan fingerprint density at radius 2 is 2.11 bits per heavy atom. The fourth-order valence-corrected chi connectivity index (χ4v) is 1.94. The summed E-state index contributed by atoms with van der Waals surface area (Å²) in [6.07, 6.45) is 0. The van der Waals surface area contributed by atoms with Crippen LogP contribution in [-0.4, -0.2) is 26.9 Å². The zero-order chi connectivity index (χ0) is 14.3. The van der Waals surface area contributed by atoms with Crippen LogP contribution < -0.4 is 14.8 Å². The highest BCUT2D eigenvalue weighted by molar-refractivity contribution is 6.30. The summed E-state index contributed by atoms with van der Waals surface area (Å²) in [7, 11) is 1.54. The van der Waals surface area contributed by atoms with Gasteiger partial charge in [0.15, 0.2) is 11.5 Å². The van der Waals surface area contributed by atoms with E-state index in [1.165, 1.54) is 0 Å². The van der Waals surface area contributed by atoms with Crippen LogP contribution in [-0.2, 0) is 6.54 Å². The molecule has 0 aromatic heterocycles. The number of benzene rings is 1. The van der Waals surface area contributed by atoms with E-state index >= 15 is 0 Å². The molecule has 0 unspecified atom stereocenters. The summed E-state index contributed by atoms with van der Waals surface area (Å²) in [5.74, 6) is 1.64. The van der Waals surface area contributed by atoms with Gasteiger partial charge in [-0.1, -0.05) is 25.4 Å². The van der Waals surface area contributed by atoms with E-state index in [4.69, 9.17) is 21.1 Å². The quantitative estimate of drug-likeness (QED) is 0.795. The summed E-state index contributed by atoms with van der Waals surface area (Å²) in [4.78, 5) is 0. The molecule has 0 aliphatic carbocycles. The smallest absolute Gasteiger partial charge is 0.165 e. The third-order valence-electron chi connectivity index (χ3n) is 2.51. The second-order valence-electron chi connectivity index (χ2n) is 4.66. The number of methoxy groups -OCH3 is 1. The van der Waals surface area contributed by atoms with Gasteiger partial charge in [-0.3, -0.25) is 0 Å². The minimum atomic E-state index is -0.537. The first kappa shape index (κ1) is 16.1. The van der Waals surface area contributed by atoms with Gasteiger partial charge in [0.05, 0.1) is 7.11 Å². The largest absolute Gasteiger partial charge is 0.493 e. The number of hydrogen-bond donors (Lipinski definition) is 1. The van der Waals surface area contributed by atoms with Gasteiger partial charge in [-0.2, -0.15) is 0 Å². The molecule has 5 heteroatoms. The number of ether oxygens (including phenoxy) is 2.